The molecule has 0 spiro atoms. The number of esters is 1. The molecule has 5 nitrogen and oxygen atoms in total. The summed E-state index contributed by atoms with van der Waals surface area (Å²) in [5.41, 5.74) is 1.59. The Bertz CT molecular complexity index is 746. The van der Waals surface area contributed by atoms with Gasteiger partial charge in [0.05, 0.1) is 6.61 Å². The van der Waals surface area contributed by atoms with Crippen LogP contribution in [0.2, 0.25) is 0 Å². The van der Waals surface area contributed by atoms with E-state index in [0.29, 0.717) is 18.7 Å². The summed E-state index contributed by atoms with van der Waals surface area (Å²) in [6.45, 7) is 4.03. The summed E-state index contributed by atoms with van der Waals surface area (Å²) < 4.78 is 11.7. The van der Waals surface area contributed by atoms with Crippen molar-refractivity contribution in [2.45, 2.75) is 32.8 Å². The number of benzene rings is 2. The average Bonchev–Trinajstić information content (AvgIpc) is 2.63. The van der Waals surface area contributed by atoms with Crippen LogP contribution >= 0.6 is 15.9 Å². The first-order chi connectivity index (χ1) is 12.5. The summed E-state index contributed by atoms with van der Waals surface area (Å²) in [5, 5.41) is 2.72. The molecule has 0 aliphatic carbocycles. The fourth-order valence-corrected chi connectivity index (χ4v) is 2.59. The Morgan fingerprint density at radius 3 is 2.50 bits per heavy atom. The first kappa shape index (κ1) is 20.0. The van der Waals surface area contributed by atoms with Crippen LogP contribution in [-0.4, -0.2) is 24.6 Å². The minimum Gasteiger partial charge on any atom is -0.494 e. The van der Waals surface area contributed by atoms with Gasteiger partial charge in [0.2, 0.25) is 0 Å². The molecule has 0 heterocycles. The van der Waals surface area contributed by atoms with E-state index in [-0.39, 0.29) is 12.3 Å². The molecule has 1 atom stereocenters. The lowest BCUT2D eigenvalue weighted by Crippen LogP contribution is -2.30. The largest absolute Gasteiger partial charge is 0.494 e. The second-order valence-corrected chi connectivity index (χ2v) is 6.58. The molecule has 138 valence electrons. The SMILES string of the molecule is CCOc1ccccc1CCC(=O)O[C@@H](C)C(=O)Nc1ccc(Br)cc1. The van der Waals surface area contributed by atoms with Crippen molar-refractivity contribution in [1.82, 2.24) is 0 Å². The molecule has 0 aliphatic rings. The number of hydrogen-bond donors (Lipinski definition) is 1. The zero-order valence-electron chi connectivity index (χ0n) is 14.8. The third-order valence-electron chi connectivity index (χ3n) is 3.66. The number of hydrogen-bond acceptors (Lipinski definition) is 4. The molecular weight excluding hydrogens is 398 g/mol. The molecule has 0 radical (unpaired) electrons. The number of para-hydroxylation sites is 1. The summed E-state index contributed by atoms with van der Waals surface area (Å²) in [6, 6.07) is 14.8. The van der Waals surface area contributed by atoms with E-state index in [1.54, 1.807) is 19.1 Å². The predicted molar refractivity (Wildman–Crippen MR) is 104 cm³/mol. The van der Waals surface area contributed by atoms with Crippen LogP contribution < -0.4 is 10.1 Å². The topological polar surface area (TPSA) is 64.6 Å². The fraction of sp³-hybridized carbons (Fsp3) is 0.300. The number of halogens is 1. The molecule has 2 rings (SSSR count). The molecule has 1 N–H and O–H groups in total. The maximum Gasteiger partial charge on any atom is 0.306 e. The first-order valence-corrected chi connectivity index (χ1v) is 9.25. The number of aryl methyl sites for hydroxylation is 1. The Morgan fingerprint density at radius 1 is 1.12 bits per heavy atom. The van der Waals surface area contributed by atoms with Crippen LogP contribution in [0.3, 0.4) is 0 Å². The third kappa shape index (κ3) is 6.19. The van der Waals surface area contributed by atoms with E-state index in [9.17, 15) is 9.59 Å². The van der Waals surface area contributed by atoms with Gasteiger partial charge in [-0.25, -0.2) is 0 Å². The van der Waals surface area contributed by atoms with E-state index in [2.05, 4.69) is 21.2 Å². The number of rotatable bonds is 8. The Labute approximate surface area is 161 Å². The molecule has 0 bridgehead atoms. The Morgan fingerprint density at radius 2 is 1.81 bits per heavy atom. The Hall–Kier alpha value is -2.34. The highest BCUT2D eigenvalue weighted by atomic mass is 79.9. The number of nitrogens with one attached hydrogen (secondary N) is 1. The van der Waals surface area contributed by atoms with Gasteiger partial charge >= 0.3 is 5.97 Å². The van der Waals surface area contributed by atoms with Crippen LogP contribution in [0.4, 0.5) is 5.69 Å². The lowest BCUT2D eigenvalue weighted by atomic mass is 10.1. The van der Waals surface area contributed by atoms with Gasteiger partial charge in [-0.3, -0.25) is 9.59 Å². The zero-order valence-corrected chi connectivity index (χ0v) is 16.4. The summed E-state index contributed by atoms with van der Waals surface area (Å²) in [4.78, 5) is 24.2. The summed E-state index contributed by atoms with van der Waals surface area (Å²) in [6.07, 6.45) is -0.191. The molecule has 1 amide bonds. The van der Waals surface area contributed by atoms with Crippen LogP contribution in [0.15, 0.2) is 53.0 Å². The number of ether oxygens (including phenoxy) is 2. The summed E-state index contributed by atoms with van der Waals surface area (Å²) in [7, 11) is 0. The third-order valence-corrected chi connectivity index (χ3v) is 4.19. The van der Waals surface area contributed by atoms with Crippen LogP contribution in [0, 0.1) is 0 Å². The summed E-state index contributed by atoms with van der Waals surface area (Å²) in [5.74, 6) is -0.0195. The smallest absolute Gasteiger partial charge is 0.306 e. The van der Waals surface area contributed by atoms with Crippen molar-refractivity contribution in [3.8, 4) is 5.75 Å². The van der Waals surface area contributed by atoms with Crippen LogP contribution in [0.5, 0.6) is 5.75 Å². The van der Waals surface area contributed by atoms with Gasteiger partial charge in [0.15, 0.2) is 6.10 Å². The zero-order chi connectivity index (χ0) is 18.9. The van der Waals surface area contributed by atoms with E-state index >= 15 is 0 Å². The quantitative estimate of drug-likeness (QED) is 0.645. The predicted octanol–water partition coefficient (Wildman–Crippen LogP) is 4.35. The van der Waals surface area contributed by atoms with Crippen LogP contribution in [-0.2, 0) is 20.7 Å². The van der Waals surface area contributed by atoms with Gasteiger partial charge in [0.1, 0.15) is 5.75 Å². The van der Waals surface area contributed by atoms with Crippen molar-refractivity contribution in [2.24, 2.45) is 0 Å². The standard InChI is InChI=1S/C20H22BrNO4/c1-3-25-18-7-5-4-6-15(18)8-13-19(23)26-14(2)20(24)22-17-11-9-16(21)10-12-17/h4-7,9-12,14H,3,8,13H2,1-2H3,(H,22,24)/t14-/m0/s1. The highest BCUT2D eigenvalue weighted by Gasteiger charge is 2.18. The molecule has 6 heteroatoms. The van der Waals surface area contributed by atoms with Crippen molar-refractivity contribution < 1.29 is 19.1 Å². The lowest BCUT2D eigenvalue weighted by Gasteiger charge is -2.14. The molecule has 2 aromatic carbocycles. The van der Waals surface area contributed by atoms with Crippen LogP contribution in [0.1, 0.15) is 25.8 Å². The highest BCUT2D eigenvalue weighted by molar-refractivity contribution is 9.10. The molecule has 26 heavy (non-hydrogen) atoms. The van der Waals surface area contributed by atoms with E-state index in [0.717, 1.165) is 15.8 Å². The number of anilines is 1. The van der Waals surface area contributed by atoms with E-state index in [1.807, 2.05) is 43.3 Å². The van der Waals surface area contributed by atoms with Crippen molar-refractivity contribution in [2.75, 3.05) is 11.9 Å². The number of amides is 1. The first-order valence-electron chi connectivity index (χ1n) is 8.46. The van der Waals surface area contributed by atoms with Crippen molar-refractivity contribution in [3.05, 3.63) is 58.6 Å². The number of carbonyl (C=O) groups is 2. The molecule has 2 aromatic rings. The minimum atomic E-state index is -0.867. The van der Waals surface area contributed by atoms with Gasteiger partial charge in [-0.1, -0.05) is 34.1 Å². The fourth-order valence-electron chi connectivity index (χ4n) is 2.33. The highest BCUT2D eigenvalue weighted by Crippen LogP contribution is 2.20. The maximum absolute atomic E-state index is 12.1. The summed E-state index contributed by atoms with van der Waals surface area (Å²) >= 11 is 3.33. The van der Waals surface area contributed by atoms with Crippen molar-refractivity contribution >= 4 is 33.5 Å². The normalized spacial score (nSPS) is 11.5. The van der Waals surface area contributed by atoms with Gasteiger partial charge in [-0.2, -0.15) is 0 Å². The molecular formula is C20H22BrNO4. The lowest BCUT2D eigenvalue weighted by molar-refractivity contribution is -0.153. The van der Waals surface area contributed by atoms with Crippen molar-refractivity contribution in [1.29, 1.82) is 0 Å². The molecule has 0 unspecified atom stereocenters. The Balaban J connectivity index is 1.83. The molecule has 0 aliphatic heterocycles. The van der Waals surface area contributed by atoms with E-state index in [1.165, 1.54) is 0 Å². The van der Waals surface area contributed by atoms with Gasteiger partial charge in [-0.05, 0) is 56.2 Å². The minimum absolute atomic E-state index is 0.181. The van der Waals surface area contributed by atoms with E-state index in [4.69, 9.17) is 9.47 Å². The van der Waals surface area contributed by atoms with Crippen LogP contribution in [0.25, 0.3) is 0 Å². The van der Waals surface area contributed by atoms with Gasteiger partial charge < -0.3 is 14.8 Å². The van der Waals surface area contributed by atoms with E-state index < -0.39 is 12.1 Å². The molecule has 0 saturated carbocycles. The van der Waals surface area contributed by atoms with Gasteiger partial charge in [-0.15, -0.1) is 0 Å². The average molecular weight is 420 g/mol. The second-order valence-electron chi connectivity index (χ2n) is 5.67. The monoisotopic (exact) mass is 419 g/mol. The van der Waals surface area contributed by atoms with Gasteiger partial charge in [0, 0.05) is 16.6 Å². The van der Waals surface area contributed by atoms with Gasteiger partial charge in [0.25, 0.3) is 5.91 Å². The molecule has 0 saturated heterocycles. The molecule has 0 aromatic heterocycles. The maximum atomic E-state index is 12.1. The Kier molecular flexibility index (Phi) is 7.66. The van der Waals surface area contributed by atoms with Crippen molar-refractivity contribution in [3.63, 3.8) is 0 Å². The number of carbonyl (C=O) groups excluding carboxylic acids is 2. The second kappa shape index (κ2) is 9.97. The molecule has 0 fully saturated rings.